The van der Waals surface area contributed by atoms with Crippen LogP contribution in [0.15, 0.2) is 0 Å². The van der Waals surface area contributed by atoms with Crippen LogP contribution >= 0.6 is 11.5 Å². The van der Waals surface area contributed by atoms with Crippen molar-refractivity contribution in [3.05, 3.63) is 5.82 Å². The van der Waals surface area contributed by atoms with Gasteiger partial charge in [-0.25, -0.2) is 4.98 Å². The van der Waals surface area contributed by atoms with Crippen molar-refractivity contribution in [3.63, 3.8) is 0 Å². The van der Waals surface area contributed by atoms with Gasteiger partial charge in [0.2, 0.25) is 5.13 Å². The fourth-order valence-corrected chi connectivity index (χ4v) is 2.38. The standard InChI is InChI=1S/C10H18N4OS/c1-3-9-12-10(16-13-9)14(2)7-8-6-11-4-5-15-8/h8,11H,3-7H2,1-2H3. The summed E-state index contributed by atoms with van der Waals surface area (Å²) in [6, 6.07) is 0. The predicted molar refractivity (Wildman–Crippen MR) is 65.2 cm³/mol. The van der Waals surface area contributed by atoms with Crippen LogP contribution < -0.4 is 10.2 Å². The second-order valence-electron chi connectivity index (χ2n) is 3.92. The normalized spacial score (nSPS) is 21.0. The Hall–Kier alpha value is -0.720. The molecule has 2 heterocycles. The highest BCUT2D eigenvalue weighted by molar-refractivity contribution is 7.09. The zero-order valence-electron chi connectivity index (χ0n) is 9.77. The summed E-state index contributed by atoms with van der Waals surface area (Å²) in [4.78, 5) is 6.57. The van der Waals surface area contributed by atoms with E-state index >= 15 is 0 Å². The molecule has 1 aliphatic rings. The maximum Gasteiger partial charge on any atom is 0.205 e. The molecule has 2 rings (SSSR count). The van der Waals surface area contributed by atoms with Crippen molar-refractivity contribution in [2.24, 2.45) is 0 Å². The van der Waals surface area contributed by atoms with E-state index in [-0.39, 0.29) is 6.10 Å². The molecule has 1 aromatic rings. The third-order valence-electron chi connectivity index (χ3n) is 2.58. The molecular formula is C10H18N4OS. The van der Waals surface area contributed by atoms with Crippen molar-refractivity contribution in [3.8, 4) is 0 Å². The fraction of sp³-hybridized carbons (Fsp3) is 0.800. The Morgan fingerprint density at radius 1 is 1.62 bits per heavy atom. The Morgan fingerprint density at radius 3 is 3.12 bits per heavy atom. The molecule has 0 aromatic carbocycles. The molecule has 5 nitrogen and oxygen atoms in total. The summed E-state index contributed by atoms with van der Waals surface area (Å²) in [6.07, 6.45) is 1.15. The number of anilines is 1. The molecule has 0 bridgehead atoms. The lowest BCUT2D eigenvalue weighted by Gasteiger charge is -2.27. The SMILES string of the molecule is CCc1nsc(N(C)CC2CNCCO2)n1. The van der Waals surface area contributed by atoms with E-state index in [1.54, 1.807) is 0 Å². The van der Waals surface area contributed by atoms with E-state index in [2.05, 4.69) is 26.5 Å². The van der Waals surface area contributed by atoms with Gasteiger partial charge in [-0.2, -0.15) is 4.37 Å². The number of aryl methyl sites for hydroxylation is 1. The Balaban J connectivity index is 1.88. The van der Waals surface area contributed by atoms with E-state index in [4.69, 9.17) is 4.74 Å². The van der Waals surface area contributed by atoms with Crippen molar-refractivity contribution < 1.29 is 4.74 Å². The molecule has 1 aliphatic heterocycles. The third-order valence-corrected chi connectivity index (χ3v) is 3.45. The lowest BCUT2D eigenvalue weighted by Crippen LogP contribution is -2.44. The summed E-state index contributed by atoms with van der Waals surface area (Å²) >= 11 is 1.46. The molecule has 1 atom stereocenters. The van der Waals surface area contributed by atoms with Gasteiger partial charge in [0.05, 0.1) is 12.7 Å². The Kier molecular flexibility index (Phi) is 4.09. The molecule has 0 spiro atoms. The zero-order valence-corrected chi connectivity index (χ0v) is 10.6. The first kappa shape index (κ1) is 11.8. The summed E-state index contributed by atoms with van der Waals surface area (Å²) in [7, 11) is 2.04. The van der Waals surface area contributed by atoms with Crippen LogP contribution in [0.1, 0.15) is 12.7 Å². The Morgan fingerprint density at radius 2 is 2.50 bits per heavy atom. The second-order valence-corrected chi connectivity index (χ2v) is 4.65. The van der Waals surface area contributed by atoms with E-state index in [0.29, 0.717) is 0 Å². The first-order valence-electron chi connectivity index (χ1n) is 5.65. The van der Waals surface area contributed by atoms with Crippen LogP contribution in [0.5, 0.6) is 0 Å². The molecule has 6 heteroatoms. The zero-order chi connectivity index (χ0) is 11.4. The number of hydrogen-bond donors (Lipinski definition) is 1. The van der Waals surface area contributed by atoms with Gasteiger partial charge >= 0.3 is 0 Å². The number of morpholine rings is 1. The molecule has 0 aliphatic carbocycles. The van der Waals surface area contributed by atoms with Gasteiger partial charge in [0, 0.05) is 44.6 Å². The van der Waals surface area contributed by atoms with Gasteiger partial charge in [-0.3, -0.25) is 0 Å². The van der Waals surface area contributed by atoms with Crippen LogP contribution in [-0.4, -0.2) is 48.8 Å². The lowest BCUT2D eigenvalue weighted by molar-refractivity contribution is 0.0340. The largest absolute Gasteiger partial charge is 0.374 e. The summed E-state index contributed by atoms with van der Waals surface area (Å²) in [5.41, 5.74) is 0. The van der Waals surface area contributed by atoms with Gasteiger partial charge in [-0.05, 0) is 0 Å². The maximum absolute atomic E-state index is 5.66. The van der Waals surface area contributed by atoms with E-state index in [1.165, 1.54) is 11.5 Å². The molecule has 0 saturated carbocycles. The molecular weight excluding hydrogens is 224 g/mol. The van der Waals surface area contributed by atoms with Crippen molar-refractivity contribution in [1.82, 2.24) is 14.7 Å². The maximum atomic E-state index is 5.66. The average Bonchev–Trinajstić information content (AvgIpc) is 2.79. The van der Waals surface area contributed by atoms with Crippen LogP contribution in [0, 0.1) is 0 Å². The van der Waals surface area contributed by atoms with Crippen molar-refractivity contribution >= 4 is 16.7 Å². The molecule has 1 fully saturated rings. The summed E-state index contributed by atoms with van der Waals surface area (Å²) in [5.74, 6) is 0.925. The Bertz CT molecular complexity index is 324. The van der Waals surface area contributed by atoms with Gasteiger partial charge in [-0.1, -0.05) is 6.92 Å². The molecule has 0 amide bonds. The minimum atomic E-state index is 0.257. The number of hydrogen-bond acceptors (Lipinski definition) is 6. The monoisotopic (exact) mass is 242 g/mol. The summed E-state index contributed by atoms with van der Waals surface area (Å²) in [6.45, 7) is 5.61. The molecule has 90 valence electrons. The number of nitrogens with one attached hydrogen (secondary N) is 1. The molecule has 1 aromatic heterocycles. The van der Waals surface area contributed by atoms with E-state index in [0.717, 1.165) is 43.6 Å². The first-order valence-corrected chi connectivity index (χ1v) is 6.43. The fourth-order valence-electron chi connectivity index (χ4n) is 1.66. The molecule has 1 unspecified atom stereocenters. The van der Waals surface area contributed by atoms with Crippen LogP contribution in [0.2, 0.25) is 0 Å². The number of nitrogens with zero attached hydrogens (tertiary/aromatic N) is 3. The van der Waals surface area contributed by atoms with Crippen LogP contribution in [0.4, 0.5) is 5.13 Å². The van der Waals surface area contributed by atoms with Crippen LogP contribution in [0.3, 0.4) is 0 Å². The van der Waals surface area contributed by atoms with Crippen LogP contribution in [-0.2, 0) is 11.2 Å². The highest BCUT2D eigenvalue weighted by Crippen LogP contribution is 2.16. The highest BCUT2D eigenvalue weighted by Gasteiger charge is 2.17. The number of ether oxygens (including phenoxy) is 1. The minimum Gasteiger partial charge on any atom is -0.374 e. The van der Waals surface area contributed by atoms with Crippen LogP contribution in [0.25, 0.3) is 0 Å². The minimum absolute atomic E-state index is 0.257. The topological polar surface area (TPSA) is 50.3 Å². The predicted octanol–water partition coefficient (Wildman–Crippen LogP) is 0.525. The molecule has 16 heavy (non-hydrogen) atoms. The summed E-state index contributed by atoms with van der Waals surface area (Å²) in [5, 5.41) is 4.30. The van der Waals surface area contributed by atoms with E-state index in [9.17, 15) is 0 Å². The van der Waals surface area contributed by atoms with Crippen molar-refractivity contribution in [1.29, 1.82) is 0 Å². The van der Waals surface area contributed by atoms with Crippen molar-refractivity contribution in [2.75, 3.05) is 38.2 Å². The quantitative estimate of drug-likeness (QED) is 0.834. The van der Waals surface area contributed by atoms with Gasteiger partial charge < -0.3 is 15.0 Å². The number of rotatable bonds is 4. The Labute approximate surface area is 100.0 Å². The number of aromatic nitrogens is 2. The van der Waals surface area contributed by atoms with Gasteiger partial charge in [-0.15, -0.1) is 0 Å². The van der Waals surface area contributed by atoms with Gasteiger partial charge in [0.25, 0.3) is 0 Å². The highest BCUT2D eigenvalue weighted by atomic mass is 32.1. The van der Waals surface area contributed by atoms with E-state index in [1.807, 2.05) is 7.05 Å². The smallest absolute Gasteiger partial charge is 0.205 e. The van der Waals surface area contributed by atoms with Crippen molar-refractivity contribution in [2.45, 2.75) is 19.4 Å². The number of likely N-dealkylation sites (N-methyl/N-ethyl adjacent to an activating group) is 1. The third kappa shape index (κ3) is 2.90. The first-order chi connectivity index (χ1) is 7.79. The summed E-state index contributed by atoms with van der Waals surface area (Å²) < 4.78 is 9.94. The average molecular weight is 242 g/mol. The molecule has 0 radical (unpaired) electrons. The molecule has 1 N–H and O–H groups in total. The van der Waals surface area contributed by atoms with E-state index < -0.39 is 0 Å². The lowest BCUT2D eigenvalue weighted by atomic mass is 10.3. The second kappa shape index (κ2) is 5.56. The molecule has 1 saturated heterocycles. The van der Waals surface area contributed by atoms with Gasteiger partial charge in [0.15, 0.2) is 0 Å². The van der Waals surface area contributed by atoms with Gasteiger partial charge in [0.1, 0.15) is 5.82 Å².